The lowest BCUT2D eigenvalue weighted by atomic mass is 9.80. The molecule has 0 bridgehead atoms. The van der Waals surface area contributed by atoms with Crippen LogP contribution in [0.5, 0.6) is 11.5 Å². The highest BCUT2D eigenvalue weighted by atomic mass is 32.2. The molecule has 1 unspecified atom stereocenters. The van der Waals surface area contributed by atoms with Crippen molar-refractivity contribution in [1.29, 1.82) is 0 Å². The lowest BCUT2D eigenvalue weighted by Crippen LogP contribution is -2.58. The molecule has 1 saturated carbocycles. The Bertz CT molecular complexity index is 1860. The normalized spacial score (nSPS) is 26.2. The van der Waals surface area contributed by atoms with Gasteiger partial charge in [-0.1, -0.05) is 0 Å². The number of pyridine rings is 2. The van der Waals surface area contributed by atoms with E-state index in [1.807, 2.05) is 57.5 Å². The van der Waals surface area contributed by atoms with Crippen LogP contribution >= 0.6 is 11.8 Å². The van der Waals surface area contributed by atoms with Gasteiger partial charge >= 0.3 is 0 Å². The number of anilines is 1. The van der Waals surface area contributed by atoms with Gasteiger partial charge in [-0.25, -0.2) is 4.98 Å². The molecule has 11 nitrogen and oxygen atoms in total. The van der Waals surface area contributed by atoms with Crippen molar-refractivity contribution in [3.05, 3.63) is 63.2 Å². The predicted octanol–water partition coefficient (Wildman–Crippen LogP) is 6.47. The van der Waals surface area contributed by atoms with Crippen LogP contribution in [0.25, 0.3) is 11.1 Å². The Morgan fingerprint density at radius 1 is 1.06 bits per heavy atom. The molecular weight excluding hydrogens is 691 g/mol. The number of hydrogen-bond acceptors (Lipinski definition) is 10. The number of nitrogens with zero attached hydrogens (tertiary/aromatic N) is 3. The number of aromatic amines is 1. The highest BCUT2D eigenvalue weighted by Gasteiger charge is 2.48. The number of morpholine rings is 1. The van der Waals surface area contributed by atoms with Crippen LogP contribution in [-0.4, -0.2) is 89.5 Å². The molecule has 5 heterocycles. The summed E-state index contributed by atoms with van der Waals surface area (Å²) in [7, 11) is 0. The summed E-state index contributed by atoms with van der Waals surface area (Å²) in [5, 5.41) is 3.03. The maximum Gasteiger partial charge on any atom is 0.254 e. The Kier molecular flexibility index (Phi) is 10.9. The molecule has 7 rings (SSSR count). The zero-order chi connectivity index (χ0) is 37.6. The smallest absolute Gasteiger partial charge is 0.254 e. The molecule has 3 aliphatic heterocycles. The Hall–Kier alpha value is -3.58. The summed E-state index contributed by atoms with van der Waals surface area (Å²) in [6.45, 7) is 17.8. The lowest BCUT2D eigenvalue weighted by molar-refractivity contribution is -0.135. The zero-order valence-electron chi connectivity index (χ0n) is 32.4. The van der Waals surface area contributed by atoms with Crippen LogP contribution in [0, 0.1) is 19.8 Å². The number of hydrogen-bond donors (Lipinski definition) is 2. The molecule has 4 aliphatic rings. The number of benzene rings is 1. The minimum absolute atomic E-state index is 0.1000. The molecule has 53 heavy (non-hydrogen) atoms. The molecular formula is C41H55N5O6S. The fourth-order valence-electron chi connectivity index (χ4n) is 8.60. The van der Waals surface area contributed by atoms with E-state index in [1.54, 1.807) is 0 Å². The van der Waals surface area contributed by atoms with Gasteiger partial charge in [0.1, 0.15) is 5.82 Å². The predicted molar refractivity (Wildman–Crippen MR) is 208 cm³/mol. The topological polar surface area (TPSA) is 118 Å². The molecule has 3 atom stereocenters. The van der Waals surface area contributed by atoms with E-state index in [1.165, 1.54) is 11.8 Å². The number of thioether (sulfide) groups is 1. The average Bonchev–Trinajstić information content (AvgIpc) is 3.47. The Balaban J connectivity index is 1.15. The molecule has 2 saturated heterocycles. The first-order valence-electron chi connectivity index (χ1n) is 19.2. The summed E-state index contributed by atoms with van der Waals surface area (Å²) in [5.74, 6) is 1.13. The van der Waals surface area contributed by atoms with Crippen LogP contribution in [-0.2, 0) is 16.0 Å². The second-order valence-electron chi connectivity index (χ2n) is 15.8. The Labute approximate surface area is 317 Å². The van der Waals surface area contributed by atoms with Gasteiger partial charge < -0.3 is 34.1 Å². The van der Waals surface area contributed by atoms with E-state index < -0.39 is 5.79 Å². The molecule has 1 aromatic carbocycles. The summed E-state index contributed by atoms with van der Waals surface area (Å²) in [5.41, 5.74) is 3.89. The van der Waals surface area contributed by atoms with Crippen molar-refractivity contribution in [2.24, 2.45) is 5.92 Å². The molecule has 12 heteroatoms. The maximum atomic E-state index is 14.0. The number of rotatable bonds is 10. The number of fused-ring (bicyclic) bond motifs is 1. The van der Waals surface area contributed by atoms with Crippen molar-refractivity contribution in [2.75, 3.05) is 37.3 Å². The number of nitrogens with one attached hydrogen (secondary N) is 2. The van der Waals surface area contributed by atoms with Gasteiger partial charge in [-0.2, -0.15) is 0 Å². The van der Waals surface area contributed by atoms with E-state index in [4.69, 9.17) is 23.9 Å². The third-order valence-corrected chi connectivity index (χ3v) is 12.1. The van der Waals surface area contributed by atoms with Gasteiger partial charge in [-0.05, 0) is 97.7 Å². The number of likely N-dealkylation sites (tertiary alicyclic amines) is 1. The van der Waals surface area contributed by atoms with Crippen molar-refractivity contribution in [3.8, 4) is 22.6 Å². The quantitative estimate of drug-likeness (QED) is 0.224. The van der Waals surface area contributed by atoms with E-state index in [9.17, 15) is 9.59 Å². The summed E-state index contributed by atoms with van der Waals surface area (Å²) < 4.78 is 25.7. The summed E-state index contributed by atoms with van der Waals surface area (Å²) in [6.07, 6.45) is 8.74. The van der Waals surface area contributed by atoms with Gasteiger partial charge in [0, 0.05) is 96.2 Å². The first kappa shape index (κ1) is 37.7. The number of ether oxygens (including phenoxy) is 4. The second-order valence-corrected chi connectivity index (χ2v) is 16.7. The molecule has 286 valence electrons. The SMILES string of the molecule is CSc1cc(C)[nH]c(=O)c1CNC(=O)c1cc(-c2ccc(N3C[C@@H](C)O[C@@H](C)C3)nc2)c2c(c1C)OC(C)([C@H]1CC[C@H](N3CC(OC(C)C)C3)CC1)O2. The van der Waals surface area contributed by atoms with E-state index in [2.05, 4.69) is 47.8 Å². The summed E-state index contributed by atoms with van der Waals surface area (Å²) in [4.78, 5) is 40.3. The van der Waals surface area contributed by atoms with Crippen LogP contribution in [0.1, 0.15) is 87.5 Å². The molecule has 0 radical (unpaired) electrons. The number of aromatic nitrogens is 2. The standard InChI is InChI=1S/C41H55N5O6S/c1-23(2)49-31-21-45(22-31)30-12-10-29(11-13-30)41(7)51-37-27(6)32(39(47)43-18-34-35(53-8)15-24(3)44-40(34)48)16-33(38(37)52-41)28-9-14-36(42-17-28)46-19-25(4)50-26(5)20-46/h9,14-17,23,25-26,29-31H,10-13,18-22H2,1-8H3,(H,43,47)(H,44,48)/t25-,26+,29-,30-,41?. The summed E-state index contributed by atoms with van der Waals surface area (Å²) >= 11 is 1.49. The van der Waals surface area contributed by atoms with Crippen LogP contribution in [0.2, 0.25) is 0 Å². The molecule has 2 aromatic heterocycles. The highest BCUT2D eigenvalue weighted by Crippen LogP contribution is 2.53. The van der Waals surface area contributed by atoms with Crippen molar-refractivity contribution < 1.29 is 23.7 Å². The Morgan fingerprint density at radius 3 is 2.40 bits per heavy atom. The molecule has 1 aliphatic carbocycles. The van der Waals surface area contributed by atoms with E-state index in [-0.39, 0.29) is 42.2 Å². The average molecular weight is 746 g/mol. The van der Waals surface area contributed by atoms with Crippen molar-refractivity contribution >= 4 is 23.5 Å². The van der Waals surface area contributed by atoms with Crippen molar-refractivity contribution in [3.63, 3.8) is 0 Å². The maximum absolute atomic E-state index is 14.0. The van der Waals surface area contributed by atoms with Gasteiger partial charge in [0.05, 0.1) is 24.4 Å². The third-order valence-electron chi connectivity index (χ3n) is 11.3. The van der Waals surface area contributed by atoms with Gasteiger partial charge in [-0.15, -0.1) is 11.8 Å². The van der Waals surface area contributed by atoms with Gasteiger partial charge in [0.25, 0.3) is 17.3 Å². The first-order chi connectivity index (χ1) is 25.3. The van der Waals surface area contributed by atoms with Crippen molar-refractivity contribution in [1.82, 2.24) is 20.2 Å². The number of H-pyrrole nitrogens is 1. The number of aryl methyl sites for hydroxylation is 1. The molecule has 3 aromatic rings. The van der Waals surface area contributed by atoms with Crippen LogP contribution in [0.3, 0.4) is 0 Å². The lowest BCUT2D eigenvalue weighted by Gasteiger charge is -2.47. The van der Waals surface area contributed by atoms with E-state index >= 15 is 0 Å². The number of carbonyl (C=O) groups is 1. The fraction of sp³-hybridized carbons (Fsp3) is 0.585. The van der Waals surface area contributed by atoms with Crippen LogP contribution in [0.15, 0.2) is 40.2 Å². The van der Waals surface area contributed by atoms with Crippen LogP contribution < -0.4 is 25.2 Å². The third kappa shape index (κ3) is 7.83. The largest absolute Gasteiger partial charge is 0.448 e. The van der Waals surface area contributed by atoms with Crippen LogP contribution in [0.4, 0.5) is 5.82 Å². The number of amides is 1. The second kappa shape index (κ2) is 15.3. The minimum atomic E-state index is -0.879. The minimum Gasteiger partial charge on any atom is -0.448 e. The highest BCUT2D eigenvalue weighted by molar-refractivity contribution is 7.98. The monoisotopic (exact) mass is 745 g/mol. The molecule has 3 fully saturated rings. The molecule has 2 N–H and O–H groups in total. The number of carbonyl (C=O) groups excluding carboxylic acids is 1. The summed E-state index contributed by atoms with van der Waals surface area (Å²) in [6, 6.07) is 8.45. The molecule has 1 amide bonds. The van der Waals surface area contributed by atoms with Gasteiger partial charge in [0.2, 0.25) is 0 Å². The Morgan fingerprint density at radius 2 is 1.75 bits per heavy atom. The van der Waals surface area contributed by atoms with E-state index in [0.717, 1.165) is 79.4 Å². The molecule has 0 spiro atoms. The van der Waals surface area contributed by atoms with Gasteiger partial charge in [-0.3, -0.25) is 14.5 Å². The van der Waals surface area contributed by atoms with Gasteiger partial charge in [0.15, 0.2) is 11.5 Å². The van der Waals surface area contributed by atoms with E-state index in [0.29, 0.717) is 40.3 Å². The fourth-order valence-corrected chi connectivity index (χ4v) is 9.31. The van der Waals surface area contributed by atoms with Crippen molar-refractivity contribution in [2.45, 2.75) is 122 Å². The first-order valence-corrected chi connectivity index (χ1v) is 20.4. The zero-order valence-corrected chi connectivity index (χ0v) is 33.2.